The summed E-state index contributed by atoms with van der Waals surface area (Å²) in [5, 5.41) is 4.11. The SMILES string of the molecule is CCN(Cc1ccc2c(c1)OCO2)Cc1nc(-c2ccc3c(c2)OCO3)no1. The summed E-state index contributed by atoms with van der Waals surface area (Å²) in [6.07, 6.45) is 0. The van der Waals surface area contributed by atoms with E-state index in [4.69, 9.17) is 23.5 Å². The van der Waals surface area contributed by atoms with E-state index in [0.29, 0.717) is 24.0 Å². The number of benzene rings is 2. The van der Waals surface area contributed by atoms with Gasteiger partial charge in [-0.2, -0.15) is 4.98 Å². The van der Waals surface area contributed by atoms with Crippen LogP contribution < -0.4 is 18.9 Å². The van der Waals surface area contributed by atoms with E-state index < -0.39 is 0 Å². The maximum atomic E-state index is 5.46. The monoisotopic (exact) mass is 381 g/mol. The fourth-order valence-corrected chi connectivity index (χ4v) is 3.24. The molecule has 0 N–H and O–H groups in total. The van der Waals surface area contributed by atoms with Crippen LogP contribution in [0.2, 0.25) is 0 Å². The van der Waals surface area contributed by atoms with Gasteiger partial charge in [-0.05, 0) is 42.4 Å². The molecule has 3 aromatic rings. The molecule has 0 saturated carbocycles. The molecule has 2 aliphatic rings. The second kappa shape index (κ2) is 7.05. The van der Waals surface area contributed by atoms with Crippen LogP contribution in [0.4, 0.5) is 0 Å². The maximum absolute atomic E-state index is 5.46. The molecule has 0 aliphatic carbocycles. The van der Waals surface area contributed by atoms with Crippen molar-refractivity contribution in [1.29, 1.82) is 0 Å². The molecule has 28 heavy (non-hydrogen) atoms. The van der Waals surface area contributed by atoms with Gasteiger partial charge in [0.15, 0.2) is 23.0 Å². The quantitative estimate of drug-likeness (QED) is 0.644. The zero-order chi connectivity index (χ0) is 18.9. The zero-order valence-corrected chi connectivity index (χ0v) is 15.4. The second-order valence-corrected chi connectivity index (χ2v) is 6.57. The van der Waals surface area contributed by atoms with Crippen molar-refractivity contribution in [2.24, 2.45) is 0 Å². The van der Waals surface area contributed by atoms with Crippen LogP contribution in [-0.2, 0) is 13.1 Å². The number of nitrogens with zero attached hydrogens (tertiary/aromatic N) is 3. The van der Waals surface area contributed by atoms with E-state index in [9.17, 15) is 0 Å². The number of ether oxygens (including phenoxy) is 4. The summed E-state index contributed by atoms with van der Waals surface area (Å²) in [7, 11) is 0. The first-order chi connectivity index (χ1) is 13.8. The highest BCUT2D eigenvalue weighted by molar-refractivity contribution is 5.61. The van der Waals surface area contributed by atoms with E-state index in [-0.39, 0.29) is 13.6 Å². The van der Waals surface area contributed by atoms with Gasteiger partial charge >= 0.3 is 0 Å². The Balaban J connectivity index is 1.29. The number of fused-ring (bicyclic) bond motifs is 2. The lowest BCUT2D eigenvalue weighted by atomic mass is 10.2. The summed E-state index contributed by atoms with van der Waals surface area (Å²) < 4.78 is 27.0. The third-order valence-electron chi connectivity index (χ3n) is 4.75. The fraction of sp³-hybridized carbons (Fsp3) is 0.300. The molecule has 5 rings (SSSR count). The van der Waals surface area contributed by atoms with Gasteiger partial charge < -0.3 is 23.5 Å². The van der Waals surface area contributed by atoms with E-state index in [0.717, 1.165) is 41.5 Å². The van der Waals surface area contributed by atoms with Gasteiger partial charge in [-0.3, -0.25) is 4.90 Å². The minimum absolute atomic E-state index is 0.238. The highest BCUT2D eigenvalue weighted by atomic mass is 16.7. The molecular weight excluding hydrogens is 362 g/mol. The number of aromatic nitrogens is 2. The predicted octanol–water partition coefficient (Wildman–Crippen LogP) is 3.22. The van der Waals surface area contributed by atoms with E-state index in [1.807, 2.05) is 36.4 Å². The van der Waals surface area contributed by atoms with E-state index in [2.05, 4.69) is 22.0 Å². The summed E-state index contributed by atoms with van der Waals surface area (Å²) in [5.41, 5.74) is 1.97. The van der Waals surface area contributed by atoms with Gasteiger partial charge in [0.05, 0.1) is 6.54 Å². The minimum Gasteiger partial charge on any atom is -0.454 e. The van der Waals surface area contributed by atoms with Crippen LogP contribution in [0.1, 0.15) is 18.4 Å². The maximum Gasteiger partial charge on any atom is 0.241 e. The van der Waals surface area contributed by atoms with Crippen LogP contribution in [0, 0.1) is 0 Å². The molecule has 0 amide bonds. The molecule has 0 radical (unpaired) electrons. The second-order valence-electron chi connectivity index (χ2n) is 6.57. The summed E-state index contributed by atoms with van der Waals surface area (Å²) in [6.45, 7) is 4.76. The first kappa shape index (κ1) is 16.9. The lowest BCUT2D eigenvalue weighted by Crippen LogP contribution is -2.22. The molecule has 0 saturated heterocycles. The summed E-state index contributed by atoms with van der Waals surface area (Å²) in [6, 6.07) is 11.6. The molecule has 8 nitrogen and oxygen atoms in total. The van der Waals surface area contributed by atoms with Crippen LogP contribution in [-0.4, -0.2) is 35.2 Å². The third kappa shape index (κ3) is 3.22. The molecule has 0 unspecified atom stereocenters. The van der Waals surface area contributed by atoms with Crippen molar-refractivity contribution in [2.45, 2.75) is 20.0 Å². The first-order valence-corrected chi connectivity index (χ1v) is 9.12. The Labute approximate surface area is 161 Å². The first-order valence-electron chi connectivity index (χ1n) is 9.12. The van der Waals surface area contributed by atoms with Crippen molar-refractivity contribution < 1.29 is 23.5 Å². The van der Waals surface area contributed by atoms with Crippen molar-refractivity contribution in [3.05, 3.63) is 47.9 Å². The minimum atomic E-state index is 0.238. The van der Waals surface area contributed by atoms with Crippen LogP contribution in [0.3, 0.4) is 0 Å². The van der Waals surface area contributed by atoms with E-state index >= 15 is 0 Å². The standard InChI is InChI=1S/C20H19N3O5/c1-2-23(9-13-3-5-15-17(7-13)26-11-24-15)10-19-21-20(22-28-19)14-4-6-16-18(8-14)27-12-25-16/h3-8H,2,9-12H2,1H3. The summed E-state index contributed by atoms with van der Waals surface area (Å²) in [5.74, 6) is 4.10. The van der Waals surface area contributed by atoms with Crippen LogP contribution in [0.25, 0.3) is 11.4 Å². The van der Waals surface area contributed by atoms with Crippen molar-refractivity contribution in [2.75, 3.05) is 20.1 Å². The zero-order valence-electron chi connectivity index (χ0n) is 15.4. The lowest BCUT2D eigenvalue weighted by Gasteiger charge is -2.18. The Morgan fingerprint density at radius 3 is 2.36 bits per heavy atom. The summed E-state index contributed by atoms with van der Waals surface area (Å²) in [4.78, 5) is 6.75. The molecule has 0 spiro atoms. The summed E-state index contributed by atoms with van der Waals surface area (Å²) >= 11 is 0. The van der Waals surface area contributed by atoms with Gasteiger partial charge in [0, 0.05) is 12.1 Å². The van der Waals surface area contributed by atoms with Gasteiger partial charge in [-0.1, -0.05) is 18.1 Å². The molecule has 0 atom stereocenters. The van der Waals surface area contributed by atoms with Crippen LogP contribution in [0.5, 0.6) is 23.0 Å². The Hall–Kier alpha value is -3.26. The lowest BCUT2D eigenvalue weighted by molar-refractivity contribution is 0.173. The normalized spacial score (nSPS) is 14.1. The number of hydrogen-bond acceptors (Lipinski definition) is 8. The Bertz CT molecular complexity index is 1000. The smallest absolute Gasteiger partial charge is 0.241 e. The van der Waals surface area contributed by atoms with Crippen LogP contribution >= 0.6 is 0 Å². The number of rotatable bonds is 6. The van der Waals surface area contributed by atoms with Gasteiger partial charge in [0.1, 0.15) is 0 Å². The molecule has 2 aromatic carbocycles. The van der Waals surface area contributed by atoms with Crippen LogP contribution in [0.15, 0.2) is 40.9 Å². The van der Waals surface area contributed by atoms with E-state index in [1.54, 1.807) is 0 Å². The Morgan fingerprint density at radius 1 is 0.857 bits per heavy atom. The average molecular weight is 381 g/mol. The number of hydrogen-bond donors (Lipinski definition) is 0. The molecule has 3 heterocycles. The molecule has 0 fully saturated rings. The Kier molecular flexibility index (Phi) is 4.25. The van der Waals surface area contributed by atoms with E-state index in [1.165, 1.54) is 0 Å². The third-order valence-corrected chi connectivity index (χ3v) is 4.75. The van der Waals surface area contributed by atoms with Gasteiger partial charge in [-0.25, -0.2) is 0 Å². The van der Waals surface area contributed by atoms with Crippen molar-refractivity contribution >= 4 is 0 Å². The van der Waals surface area contributed by atoms with Gasteiger partial charge in [0.2, 0.25) is 25.3 Å². The Morgan fingerprint density at radius 2 is 1.57 bits per heavy atom. The molecule has 8 heteroatoms. The molecule has 2 aliphatic heterocycles. The topological polar surface area (TPSA) is 79.1 Å². The highest BCUT2D eigenvalue weighted by Gasteiger charge is 2.18. The van der Waals surface area contributed by atoms with Crippen molar-refractivity contribution in [3.8, 4) is 34.4 Å². The largest absolute Gasteiger partial charge is 0.454 e. The van der Waals surface area contributed by atoms with Gasteiger partial charge in [-0.15, -0.1) is 0 Å². The molecule has 144 valence electrons. The average Bonchev–Trinajstić information content (AvgIpc) is 3.46. The van der Waals surface area contributed by atoms with Crippen molar-refractivity contribution in [1.82, 2.24) is 15.0 Å². The molecule has 0 bridgehead atoms. The molecular formula is C20H19N3O5. The van der Waals surface area contributed by atoms with Crippen molar-refractivity contribution in [3.63, 3.8) is 0 Å². The fourth-order valence-electron chi connectivity index (χ4n) is 3.24. The molecule has 1 aromatic heterocycles. The highest BCUT2D eigenvalue weighted by Crippen LogP contribution is 2.35. The van der Waals surface area contributed by atoms with Gasteiger partial charge in [0.25, 0.3) is 0 Å². The predicted molar refractivity (Wildman–Crippen MR) is 98.2 cm³/mol.